The molecule has 0 aliphatic carbocycles. The van der Waals surface area contributed by atoms with Crippen molar-refractivity contribution in [2.75, 3.05) is 0 Å². The predicted molar refractivity (Wildman–Crippen MR) is 381 cm³/mol. The molecule has 0 unspecified atom stereocenters. The number of benzene rings is 8. The minimum Gasteiger partial charge on any atom is -0.467 e. The predicted octanol–water partition coefficient (Wildman–Crippen LogP) is 19.6. The molecule has 0 amide bonds. The molecule has 12 nitrogen and oxygen atoms in total. The van der Waals surface area contributed by atoms with E-state index in [2.05, 4.69) is 172 Å². The minimum atomic E-state index is 0.576. The quantitative estimate of drug-likeness (QED) is 0.128. The Morgan fingerprint density at radius 3 is 1.40 bits per heavy atom. The van der Waals surface area contributed by atoms with E-state index in [-0.39, 0.29) is 0 Å². The van der Waals surface area contributed by atoms with E-state index in [1.807, 2.05) is 140 Å². The molecule has 8 aromatic carbocycles. The summed E-state index contributed by atoms with van der Waals surface area (Å²) < 4.78 is 32.6. The molecule has 12 heteroatoms. The second-order valence-electron chi connectivity index (χ2n) is 24.5. The number of fused-ring (bicyclic) bond motifs is 12. The molecule has 0 bridgehead atoms. The van der Waals surface area contributed by atoms with E-state index in [4.69, 9.17) is 30.8 Å². The maximum atomic E-state index is 9.45. The molecule has 0 saturated heterocycles. The maximum absolute atomic E-state index is 9.45. The van der Waals surface area contributed by atoms with E-state index in [9.17, 15) is 10.5 Å². The Bertz CT molecular complexity index is 6060. The fourth-order valence-corrected chi connectivity index (χ4v) is 14.0. The zero-order chi connectivity index (χ0) is 67.4. The standard InChI is InChI=1S/4C21H17N2O/c1-13-14(2)19(16-10-7-8-12-23(16)4)20(22-3)21-18(13)15-9-5-6-11-17(15)24-21;1-13-11-19-21(16-9-8-15(22-3)12-18(16)24-19)14(2)20(13)17-7-5-6-10-23(17)4;1-13-11-18-20(16-8-6-7-15(12-22)21(16)24-18)14(2)19(13)17-9-4-5-10-23(17)3;1-13-14(2)20-19(11-16(13)17-8-4-5-10-23(17)3)24-18-9-6-7-15(12-22)21(18)20/h2*5-12H,1-2,4H3;2*4-11H,1-3H3/q4*+1. The highest BCUT2D eigenvalue weighted by atomic mass is 16.3. The molecule has 16 rings (SSSR count). The Balaban J connectivity index is 0.000000116. The summed E-state index contributed by atoms with van der Waals surface area (Å²) in [6.45, 7) is 31.9. The van der Waals surface area contributed by atoms with Crippen LogP contribution in [-0.4, -0.2) is 0 Å². The number of para-hydroxylation sites is 2. The van der Waals surface area contributed by atoms with Crippen LogP contribution in [0.25, 0.3) is 142 Å². The van der Waals surface area contributed by atoms with E-state index in [1.54, 1.807) is 6.07 Å². The minimum absolute atomic E-state index is 0.576. The van der Waals surface area contributed by atoms with Crippen molar-refractivity contribution in [3.63, 3.8) is 0 Å². The fraction of sp³-hybridized carbons (Fsp3) is 0.143. The number of nitrogens with zero attached hydrogens (tertiary/aromatic N) is 8. The zero-order valence-corrected chi connectivity index (χ0v) is 55.7. The molecular formula is C84H68N8O4+4. The lowest BCUT2D eigenvalue weighted by Gasteiger charge is -2.11. The Morgan fingerprint density at radius 2 is 0.812 bits per heavy atom. The molecule has 16 aromatic rings. The highest BCUT2D eigenvalue weighted by Gasteiger charge is 2.27. The second-order valence-corrected chi connectivity index (χ2v) is 24.5. The van der Waals surface area contributed by atoms with Gasteiger partial charge in [-0.25, -0.2) is 28.0 Å². The van der Waals surface area contributed by atoms with Crippen molar-refractivity contribution in [1.29, 1.82) is 10.5 Å². The fourth-order valence-electron chi connectivity index (χ4n) is 14.0. The van der Waals surface area contributed by atoms with Gasteiger partial charge in [0.15, 0.2) is 36.1 Å². The average Bonchev–Trinajstić information content (AvgIpc) is 1.57. The van der Waals surface area contributed by atoms with Gasteiger partial charge in [0, 0.05) is 91.6 Å². The van der Waals surface area contributed by atoms with E-state index < -0.39 is 0 Å². The van der Waals surface area contributed by atoms with Crippen LogP contribution in [0.5, 0.6) is 0 Å². The molecule has 96 heavy (non-hydrogen) atoms. The molecule has 0 spiro atoms. The van der Waals surface area contributed by atoms with Crippen LogP contribution in [0.1, 0.15) is 55.6 Å². The van der Waals surface area contributed by atoms with Crippen molar-refractivity contribution in [3.05, 3.63) is 273 Å². The summed E-state index contributed by atoms with van der Waals surface area (Å²) in [7, 11) is 8.16. The summed E-state index contributed by atoms with van der Waals surface area (Å²) in [5, 5.41) is 27.2. The molecule has 0 fully saturated rings. The normalized spacial score (nSPS) is 11.1. The van der Waals surface area contributed by atoms with E-state index >= 15 is 0 Å². The monoisotopic (exact) mass is 1250 g/mol. The number of hydrogen-bond acceptors (Lipinski definition) is 6. The Labute approximate surface area is 556 Å². The van der Waals surface area contributed by atoms with Gasteiger partial charge in [0.05, 0.1) is 52.6 Å². The molecule has 8 heterocycles. The Kier molecular flexibility index (Phi) is 16.4. The lowest BCUT2D eigenvalue weighted by atomic mass is 9.94. The summed E-state index contributed by atoms with van der Waals surface area (Å²) in [4.78, 5) is 7.35. The van der Waals surface area contributed by atoms with Crippen molar-refractivity contribution in [2.45, 2.75) is 55.4 Å². The van der Waals surface area contributed by atoms with E-state index in [1.165, 1.54) is 55.9 Å². The first-order valence-corrected chi connectivity index (χ1v) is 31.6. The Hall–Kier alpha value is -12.5. The lowest BCUT2D eigenvalue weighted by molar-refractivity contribution is -0.660. The highest BCUT2D eigenvalue weighted by Crippen LogP contribution is 2.46. The van der Waals surface area contributed by atoms with Gasteiger partial charge >= 0.3 is 0 Å². The van der Waals surface area contributed by atoms with Crippen LogP contribution in [-0.2, 0) is 28.2 Å². The number of aryl methyl sites for hydroxylation is 10. The highest BCUT2D eigenvalue weighted by molar-refractivity contribution is 6.15. The molecule has 0 aliphatic rings. The first-order chi connectivity index (χ1) is 46.5. The number of furan rings is 4. The SMILES string of the molecule is Cc1c(-c2cccc[n+]2C)cc2oc3cccc(C#N)c3c2c1C.Cc1cc2oc3c(C#N)cccc3c2c(C)c1-c1cccc[n+]1C.[C-]#[N+]c1c(-c2cccc[n+]2C)c(C)c(C)c2c1oc1ccccc12.[C-]#[N+]c1ccc2c(c1)oc1cc(C)c(-c3cccc[n+]3C)c(C)c12. The third-order valence-corrected chi connectivity index (χ3v) is 18.9. The smallest absolute Gasteiger partial charge is 0.243 e. The van der Waals surface area contributed by atoms with Gasteiger partial charge < -0.3 is 17.7 Å². The first kappa shape index (κ1) is 62.3. The van der Waals surface area contributed by atoms with Crippen molar-refractivity contribution < 1.29 is 35.9 Å². The number of rotatable bonds is 4. The molecule has 464 valence electrons. The zero-order valence-electron chi connectivity index (χ0n) is 55.7. The third-order valence-electron chi connectivity index (χ3n) is 18.9. The summed E-state index contributed by atoms with van der Waals surface area (Å²) in [5.74, 6) is 0. The average molecular weight is 1250 g/mol. The van der Waals surface area contributed by atoms with Crippen LogP contribution in [0.4, 0.5) is 11.4 Å². The first-order valence-electron chi connectivity index (χ1n) is 31.6. The largest absolute Gasteiger partial charge is 0.467 e. The molecule has 0 aliphatic heterocycles. The van der Waals surface area contributed by atoms with Crippen LogP contribution >= 0.6 is 0 Å². The lowest BCUT2D eigenvalue weighted by Crippen LogP contribution is -2.30. The number of pyridine rings is 4. The van der Waals surface area contributed by atoms with Crippen LogP contribution < -0.4 is 18.3 Å². The van der Waals surface area contributed by atoms with E-state index in [0.717, 1.165) is 110 Å². The van der Waals surface area contributed by atoms with Gasteiger partial charge in [0.1, 0.15) is 73.3 Å². The summed E-state index contributed by atoms with van der Waals surface area (Å²) in [6, 6.07) is 60.4. The second kappa shape index (κ2) is 25.2. The van der Waals surface area contributed by atoms with Gasteiger partial charge in [-0.3, -0.25) is 0 Å². The topological polar surface area (TPSA) is 124 Å². The van der Waals surface area contributed by atoms with Crippen molar-refractivity contribution in [2.24, 2.45) is 28.2 Å². The molecule has 0 saturated carbocycles. The van der Waals surface area contributed by atoms with Gasteiger partial charge in [-0.2, -0.15) is 10.5 Å². The summed E-state index contributed by atoms with van der Waals surface area (Å²) in [5.41, 5.74) is 27.2. The van der Waals surface area contributed by atoms with Crippen molar-refractivity contribution >= 4 is 99.1 Å². The molecule has 0 N–H and O–H groups in total. The van der Waals surface area contributed by atoms with Crippen molar-refractivity contribution in [3.8, 4) is 57.2 Å². The van der Waals surface area contributed by atoms with Crippen molar-refractivity contribution in [1.82, 2.24) is 0 Å². The van der Waals surface area contributed by atoms with Crippen LogP contribution in [0.15, 0.2) is 212 Å². The summed E-state index contributed by atoms with van der Waals surface area (Å²) in [6.07, 6.45) is 8.16. The van der Waals surface area contributed by atoms with Crippen LogP contribution in [0.2, 0.25) is 0 Å². The Morgan fingerprint density at radius 1 is 0.344 bits per heavy atom. The number of nitriles is 2. The van der Waals surface area contributed by atoms with Gasteiger partial charge in [-0.15, -0.1) is 0 Å². The van der Waals surface area contributed by atoms with Gasteiger partial charge in [-0.1, -0.05) is 48.5 Å². The third kappa shape index (κ3) is 10.6. The van der Waals surface area contributed by atoms with Gasteiger partial charge in [0.25, 0.3) is 0 Å². The molecule has 0 radical (unpaired) electrons. The van der Waals surface area contributed by atoms with E-state index in [0.29, 0.717) is 33.7 Å². The van der Waals surface area contributed by atoms with Crippen LogP contribution in [0, 0.1) is 91.2 Å². The maximum Gasteiger partial charge on any atom is 0.243 e. The summed E-state index contributed by atoms with van der Waals surface area (Å²) >= 11 is 0. The van der Waals surface area contributed by atoms with Crippen LogP contribution in [0.3, 0.4) is 0 Å². The van der Waals surface area contributed by atoms with Gasteiger partial charge in [0.2, 0.25) is 28.5 Å². The molecule has 8 aromatic heterocycles. The number of aromatic nitrogens is 4. The molecule has 0 atom stereocenters. The molecular weight excluding hydrogens is 1180 g/mol. The number of hydrogen-bond donors (Lipinski definition) is 0. The van der Waals surface area contributed by atoms with Gasteiger partial charge in [-0.05, 0) is 173 Å².